The van der Waals surface area contributed by atoms with E-state index in [9.17, 15) is 14.7 Å². The van der Waals surface area contributed by atoms with Gasteiger partial charge in [-0.25, -0.2) is 9.69 Å². The van der Waals surface area contributed by atoms with Gasteiger partial charge < -0.3 is 10.0 Å². The maximum Gasteiger partial charge on any atom is 0.332 e. The van der Waals surface area contributed by atoms with Crippen molar-refractivity contribution in [1.82, 2.24) is 4.90 Å². The molecule has 0 bridgehead atoms. The number of amides is 3. The van der Waals surface area contributed by atoms with Crippen molar-refractivity contribution in [3.63, 3.8) is 0 Å². The predicted molar refractivity (Wildman–Crippen MR) is 77.9 cm³/mol. The second kappa shape index (κ2) is 4.72. The minimum Gasteiger partial charge on any atom is -0.390 e. The average Bonchev–Trinajstić information content (AvgIpc) is 2.90. The normalized spacial score (nSPS) is 25.6. The first-order valence-electron chi connectivity index (χ1n) is 6.20. The molecule has 2 fully saturated rings. The van der Waals surface area contributed by atoms with Crippen molar-refractivity contribution in [1.29, 1.82) is 0 Å². The number of aliphatic hydroxyl groups excluding tert-OH is 1. The van der Waals surface area contributed by atoms with Crippen molar-refractivity contribution in [3.05, 3.63) is 27.2 Å². The number of rotatable bonds is 1. The zero-order valence-corrected chi connectivity index (χ0v) is 13.0. The molecule has 1 aromatic rings. The van der Waals surface area contributed by atoms with E-state index in [1.165, 1.54) is 4.90 Å². The molecule has 0 unspecified atom stereocenters. The van der Waals surface area contributed by atoms with E-state index in [1.54, 1.807) is 19.1 Å². The van der Waals surface area contributed by atoms with Crippen LogP contribution in [0.25, 0.3) is 0 Å². The molecule has 7 heteroatoms. The number of nitrogens with zero attached hydrogens (tertiary/aromatic N) is 2. The summed E-state index contributed by atoms with van der Waals surface area (Å²) in [6.45, 7) is 2.15. The molecule has 0 saturated carbocycles. The standard InChI is InChI=1S/C13H12BrClN2O3/c1-6-8(3-2-7(14)10(6)15)17-12(19)11-9(18)4-5-16(11)13(17)20/h2-3,9,11,18H,4-5H2,1H3/t9-,11+/m1/s1. The van der Waals surface area contributed by atoms with E-state index in [-0.39, 0.29) is 5.91 Å². The Hall–Kier alpha value is -1.11. The van der Waals surface area contributed by atoms with Crippen LogP contribution in [0.4, 0.5) is 10.5 Å². The van der Waals surface area contributed by atoms with Crippen LogP contribution in [0.1, 0.15) is 12.0 Å². The Kier molecular flexibility index (Phi) is 3.27. The Morgan fingerprint density at radius 2 is 2.10 bits per heavy atom. The van der Waals surface area contributed by atoms with Crippen LogP contribution < -0.4 is 4.90 Å². The molecule has 1 N–H and O–H groups in total. The zero-order valence-electron chi connectivity index (χ0n) is 10.6. The van der Waals surface area contributed by atoms with Gasteiger partial charge in [0.25, 0.3) is 5.91 Å². The quantitative estimate of drug-likeness (QED) is 0.783. The molecule has 2 atom stereocenters. The van der Waals surface area contributed by atoms with E-state index in [2.05, 4.69) is 15.9 Å². The number of hydrogen-bond donors (Lipinski definition) is 1. The molecule has 5 nitrogen and oxygen atoms in total. The summed E-state index contributed by atoms with van der Waals surface area (Å²) in [7, 11) is 0. The molecular formula is C13H12BrClN2O3. The summed E-state index contributed by atoms with van der Waals surface area (Å²) in [4.78, 5) is 27.3. The topological polar surface area (TPSA) is 60.9 Å². The van der Waals surface area contributed by atoms with Gasteiger partial charge in [0, 0.05) is 11.0 Å². The number of urea groups is 1. The molecule has 0 aromatic heterocycles. The lowest BCUT2D eigenvalue weighted by molar-refractivity contribution is -0.121. The van der Waals surface area contributed by atoms with Crippen LogP contribution in [0.2, 0.25) is 5.02 Å². The van der Waals surface area contributed by atoms with Gasteiger partial charge in [0.15, 0.2) is 0 Å². The van der Waals surface area contributed by atoms with Crippen molar-refractivity contribution in [2.45, 2.75) is 25.5 Å². The minimum absolute atomic E-state index is 0.388. The third kappa shape index (κ3) is 1.78. The molecule has 2 saturated heterocycles. The lowest BCUT2D eigenvalue weighted by Crippen LogP contribution is -2.36. The maximum absolute atomic E-state index is 12.4. The summed E-state index contributed by atoms with van der Waals surface area (Å²) in [5.74, 6) is -0.388. The Labute approximate surface area is 129 Å². The molecule has 3 rings (SSSR count). The number of imide groups is 1. The van der Waals surface area contributed by atoms with Crippen molar-refractivity contribution in [2.75, 3.05) is 11.4 Å². The van der Waals surface area contributed by atoms with E-state index in [4.69, 9.17) is 11.6 Å². The largest absolute Gasteiger partial charge is 0.390 e. The van der Waals surface area contributed by atoms with E-state index < -0.39 is 18.2 Å². The molecule has 1 aromatic carbocycles. The molecule has 20 heavy (non-hydrogen) atoms. The Morgan fingerprint density at radius 3 is 2.75 bits per heavy atom. The van der Waals surface area contributed by atoms with Crippen LogP contribution in [0.15, 0.2) is 16.6 Å². The minimum atomic E-state index is -0.789. The fourth-order valence-corrected chi connectivity index (χ4v) is 3.34. The fraction of sp³-hybridized carbons (Fsp3) is 0.385. The molecule has 0 aliphatic carbocycles. The van der Waals surface area contributed by atoms with Gasteiger partial charge >= 0.3 is 6.03 Å². The van der Waals surface area contributed by atoms with Gasteiger partial charge in [0.05, 0.1) is 16.8 Å². The van der Waals surface area contributed by atoms with Gasteiger partial charge in [0.2, 0.25) is 0 Å². The lowest BCUT2D eigenvalue weighted by Gasteiger charge is -2.19. The monoisotopic (exact) mass is 358 g/mol. The predicted octanol–water partition coefficient (Wildman–Crippen LogP) is 2.31. The van der Waals surface area contributed by atoms with Gasteiger partial charge in [-0.15, -0.1) is 0 Å². The highest BCUT2D eigenvalue weighted by atomic mass is 79.9. The summed E-state index contributed by atoms with van der Waals surface area (Å²) in [5, 5.41) is 10.3. The second-order valence-electron chi connectivity index (χ2n) is 4.96. The molecule has 3 amide bonds. The number of halogens is 2. The molecule has 2 aliphatic rings. The Bertz CT molecular complexity index is 622. The van der Waals surface area contributed by atoms with Gasteiger partial charge in [-0.3, -0.25) is 4.79 Å². The number of aliphatic hydroxyl groups is 1. The smallest absolute Gasteiger partial charge is 0.332 e. The Morgan fingerprint density at radius 1 is 1.40 bits per heavy atom. The van der Waals surface area contributed by atoms with Gasteiger partial charge in [-0.1, -0.05) is 11.6 Å². The van der Waals surface area contributed by atoms with Crippen LogP contribution >= 0.6 is 27.5 Å². The maximum atomic E-state index is 12.4. The van der Waals surface area contributed by atoms with E-state index in [0.29, 0.717) is 33.7 Å². The van der Waals surface area contributed by atoms with Crippen LogP contribution in [-0.4, -0.2) is 40.6 Å². The fourth-order valence-electron chi connectivity index (χ4n) is 2.75. The summed E-state index contributed by atoms with van der Waals surface area (Å²) in [6, 6.07) is 2.23. The number of hydrogen-bond acceptors (Lipinski definition) is 3. The molecule has 0 spiro atoms. The first-order chi connectivity index (χ1) is 9.43. The van der Waals surface area contributed by atoms with Crippen molar-refractivity contribution < 1.29 is 14.7 Å². The number of fused-ring (bicyclic) bond motifs is 1. The SMILES string of the molecule is Cc1c(N2C(=O)[C@@H]3[C@H](O)CCN3C2=O)ccc(Br)c1Cl. The highest BCUT2D eigenvalue weighted by Crippen LogP contribution is 2.37. The molecular weight excluding hydrogens is 348 g/mol. The summed E-state index contributed by atoms with van der Waals surface area (Å²) >= 11 is 9.45. The van der Waals surface area contributed by atoms with Crippen LogP contribution in [0, 0.1) is 6.92 Å². The lowest BCUT2D eigenvalue weighted by atomic mass is 10.1. The van der Waals surface area contributed by atoms with Crippen LogP contribution in [0.3, 0.4) is 0 Å². The number of carbonyl (C=O) groups is 2. The van der Waals surface area contributed by atoms with E-state index in [0.717, 1.165) is 4.90 Å². The first kappa shape index (κ1) is 13.9. The van der Waals surface area contributed by atoms with Crippen LogP contribution in [0.5, 0.6) is 0 Å². The number of anilines is 1. The molecule has 2 aliphatic heterocycles. The van der Waals surface area contributed by atoms with Crippen molar-refractivity contribution >= 4 is 45.2 Å². The van der Waals surface area contributed by atoms with Crippen molar-refractivity contribution in [2.24, 2.45) is 0 Å². The van der Waals surface area contributed by atoms with E-state index in [1.807, 2.05) is 0 Å². The highest BCUT2D eigenvalue weighted by Gasteiger charge is 2.52. The third-order valence-corrected chi connectivity index (χ3v) is 5.20. The molecule has 2 heterocycles. The molecule has 0 radical (unpaired) electrons. The zero-order chi connectivity index (χ0) is 14.6. The Balaban J connectivity index is 2.06. The summed E-state index contributed by atoms with van der Waals surface area (Å²) in [6.07, 6.45) is -0.349. The van der Waals surface area contributed by atoms with Crippen LogP contribution in [-0.2, 0) is 4.79 Å². The molecule has 106 valence electrons. The third-order valence-electron chi connectivity index (χ3n) is 3.83. The van der Waals surface area contributed by atoms with Crippen molar-refractivity contribution in [3.8, 4) is 0 Å². The summed E-state index contributed by atoms with van der Waals surface area (Å²) in [5.41, 5.74) is 1.12. The average molecular weight is 360 g/mol. The van der Waals surface area contributed by atoms with Gasteiger partial charge in [-0.2, -0.15) is 0 Å². The second-order valence-corrected chi connectivity index (χ2v) is 6.19. The summed E-state index contributed by atoms with van der Waals surface area (Å²) < 4.78 is 0.708. The highest BCUT2D eigenvalue weighted by molar-refractivity contribution is 9.10. The first-order valence-corrected chi connectivity index (χ1v) is 7.38. The van der Waals surface area contributed by atoms with E-state index >= 15 is 0 Å². The number of benzene rings is 1. The van der Waals surface area contributed by atoms with Gasteiger partial charge in [0.1, 0.15) is 6.04 Å². The number of carbonyl (C=O) groups excluding carboxylic acids is 2. The van der Waals surface area contributed by atoms with Gasteiger partial charge in [-0.05, 0) is 47.0 Å².